The topological polar surface area (TPSA) is 56.1 Å². The van der Waals surface area contributed by atoms with Crippen LogP contribution in [0, 0.1) is 0 Å². The first-order valence-corrected chi connectivity index (χ1v) is 9.93. The number of carbonyl (C=O) groups is 1. The van der Waals surface area contributed by atoms with Gasteiger partial charge in [0.1, 0.15) is 11.6 Å². The Balaban J connectivity index is 1.79. The molecule has 3 rings (SSSR count). The van der Waals surface area contributed by atoms with Crippen LogP contribution in [0.1, 0.15) is 35.9 Å². The Morgan fingerprint density at radius 1 is 1.19 bits per heavy atom. The van der Waals surface area contributed by atoms with Crippen molar-refractivity contribution in [3.8, 4) is 11.4 Å². The van der Waals surface area contributed by atoms with Crippen LogP contribution in [0.2, 0.25) is 0 Å². The Morgan fingerprint density at radius 2 is 1.93 bits per heavy atom. The predicted molar refractivity (Wildman–Crippen MR) is 110 cm³/mol. The largest absolute Gasteiger partial charge is 0.496 e. The molecule has 0 saturated heterocycles. The molecule has 0 aliphatic heterocycles. The van der Waals surface area contributed by atoms with Crippen molar-refractivity contribution in [2.24, 2.45) is 0 Å². The molecule has 5 nitrogen and oxygen atoms in total. The number of aromatic nitrogens is 2. The van der Waals surface area contributed by atoms with Crippen LogP contribution in [0.4, 0.5) is 5.69 Å². The highest BCUT2D eigenvalue weighted by atomic mass is 32.2. The second-order valence-electron chi connectivity index (χ2n) is 6.38. The molecule has 2 aromatic carbocycles. The summed E-state index contributed by atoms with van der Waals surface area (Å²) < 4.78 is 7.42. The van der Waals surface area contributed by atoms with Crippen molar-refractivity contribution in [1.82, 2.24) is 9.55 Å². The van der Waals surface area contributed by atoms with E-state index in [0.717, 1.165) is 22.1 Å². The van der Waals surface area contributed by atoms with Crippen molar-refractivity contribution >= 4 is 23.4 Å². The van der Waals surface area contributed by atoms with Gasteiger partial charge in [0.25, 0.3) is 5.91 Å². The Labute approximate surface area is 163 Å². The monoisotopic (exact) mass is 381 g/mol. The van der Waals surface area contributed by atoms with Gasteiger partial charge in [0.15, 0.2) is 0 Å². The van der Waals surface area contributed by atoms with Gasteiger partial charge in [-0.05, 0) is 48.7 Å². The SMILES string of the molecule is COc1cc(SC)ccc1C(=O)Nc1ccc(-n2ccnc2C(C)C)cc1. The maximum atomic E-state index is 12.6. The van der Waals surface area contributed by atoms with Gasteiger partial charge in [0.2, 0.25) is 0 Å². The zero-order chi connectivity index (χ0) is 19.4. The van der Waals surface area contributed by atoms with E-state index in [2.05, 4.69) is 28.7 Å². The van der Waals surface area contributed by atoms with Crippen molar-refractivity contribution in [2.45, 2.75) is 24.7 Å². The number of benzene rings is 2. The number of imidazole rings is 1. The summed E-state index contributed by atoms with van der Waals surface area (Å²) in [5, 5.41) is 2.93. The highest BCUT2D eigenvalue weighted by molar-refractivity contribution is 7.98. The second kappa shape index (κ2) is 8.31. The van der Waals surface area contributed by atoms with Crippen LogP contribution >= 0.6 is 11.8 Å². The molecule has 0 spiro atoms. The number of amides is 1. The smallest absolute Gasteiger partial charge is 0.259 e. The minimum atomic E-state index is -0.197. The lowest BCUT2D eigenvalue weighted by Gasteiger charge is -2.12. The van der Waals surface area contributed by atoms with Gasteiger partial charge in [-0.3, -0.25) is 4.79 Å². The molecule has 0 atom stereocenters. The maximum Gasteiger partial charge on any atom is 0.259 e. The van der Waals surface area contributed by atoms with Crippen LogP contribution in [0.3, 0.4) is 0 Å². The molecule has 3 aromatic rings. The van der Waals surface area contributed by atoms with Gasteiger partial charge in [0.05, 0.1) is 12.7 Å². The van der Waals surface area contributed by atoms with E-state index < -0.39 is 0 Å². The van der Waals surface area contributed by atoms with E-state index in [4.69, 9.17) is 4.74 Å². The van der Waals surface area contributed by atoms with Gasteiger partial charge in [-0.25, -0.2) is 4.98 Å². The molecule has 1 aromatic heterocycles. The minimum absolute atomic E-state index is 0.197. The molecule has 0 aliphatic rings. The zero-order valence-corrected chi connectivity index (χ0v) is 16.7. The zero-order valence-electron chi connectivity index (χ0n) is 15.9. The minimum Gasteiger partial charge on any atom is -0.496 e. The van der Waals surface area contributed by atoms with Crippen LogP contribution in [0.5, 0.6) is 5.75 Å². The molecule has 6 heteroatoms. The van der Waals surface area contributed by atoms with Crippen LogP contribution < -0.4 is 10.1 Å². The van der Waals surface area contributed by atoms with E-state index in [1.165, 1.54) is 0 Å². The van der Waals surface area contributed by atoms with E-state index in [0.29, 0.717) is 17.2 Å². The lowest BCUT2D eigenvalue weighted by molar-refractivity contribution is 0.102. The number of nitrogens with one attached hydrogen (secondary N) is 1. The molecule has 0 aliphatic carbocycles. The summed E-state index contributed by atoms with van der Waals surface area (Å²) in [7, 11) is 1.57. The fourth-order valence-electron chi connectivity index (χ4n) is 2.85. The third kappa shape index (κ3) is 4.17. The Morgan fingerprint density at radius 3 is 2.56 bits per heavy atom. The van der Waals surface area contributed by atoms with Crippen LogP contribution in [-0.2, 0) is 0 Å². The highest BCUT2D eigenvalue weighted by Crippen LogP contribution is 2.26. The number of carbonyl (C=O) groups excluding carboxylic acids is 1. The quantitative estimate of drug-likeness (QED) is 0.612. The summed E-state index contributed by atoms with van der Waals surface area (Å²) in [5.74, 6) is 1.70. The third-order valence-corrected chi connectivity index (χ3v) is 4.97. The number of nitrogens with zero attached hydrogens (tertiary/aromatic N) is 2. The first kappa shape index (κ1) is 19.0. The molecule has 0 bridgehead atoms. The maximum absolute atomic E-state index is 12.6. The van der Waals surface area contributed by atoms with Gasteiger partial charge < -0.3 is 14.6 Å². The van der Waals surface area contributed by atoms with E-state index in [1.807, 2.05) is 48.9 Å². The Bertz CT molecular complexity index is 933. The molecule has 0 saturated carbocycles. The van der Waals surface area contributed by atoms with E-state index in [9.17, 15) is 4.79 Å². The molecule has 140 valence electrons. The van der Waals surface area contributed by atoms with Gasteiger partial charge in [-0.2, -0.15) is 0 Å². The van der Waals surface area contributed by atoms with Crippen molar-refractivity contribution in [2.75, 3.05) is 18.7 Å². The molecule has 0 unspecified atom stereocenters. The van der Waals surface area contributed by atoms with Gasteiger partial charge in [-0.1, -0.05) is 13.8 Å². The average Bonchev–Trinajstić information content (AvgIpc) is 3.18. The van der Waals surface area contributed by atoms with Crippen LogP contribution in [-0.4, -0.2) is 28.8 Å². The molecule has 1 amide bonds. The lowest BCUT2D eigenvalue weighted by atomic mass is 10.1. The van der Waals surface area contributed by atoms with Gasteiger partial charge >= 0.3 is 0 Å². The van der Waals surface area contributed by atoms with E-state index >= 15 is 0 Å². The number of hydrogen-bond donors (Lipinski definition) is 1. The molecule has 0 fully saturated rings. The number of rotatable bonds is 6. The number of methoxy groups -OCH3 is 1. The summed E-state index contributed by atoms with van der Waals surface area (Å²) >= 11 is 1.61. The standard InChI is InChI=1S/C21H23N3O2S/c1-14(2)20-22-11-12-24(20)16-7-5-15(6-8-16)23-21(25)18-10-9-17(27-4)13-19(18)26-3/h5-14H,1-4H3,(H,23,25). The van der Waals surface area contributed by atoms with Crippen molar-refractivity contribution in [3.05, 3.63) is 66.2 Å². The predicted octanol–water partition coefficient (Wildman–Crippen LogP) is 4.98. The number of anilines is 1. The fourth-order valence-corrected chi connectivity index (χ4v) is 3.28. The summed E-state index contributed by atoms with van der Waals surface area (Å²) in [6.07, 6.45) is 5.73. The normalized spacial score (nSPS) is 10.9. The molecular weight excluding hydrogens is 358 g/mol. The molecule has 27 heavy (non-hydrogen) atoms. The third-order valence-electron chi connectivity index (χ3n) is 4.24. The lowest BCUT2D eigenvalue weighted by Crippen LogP contribution is -2.13. The number of ether oxygens (including phenoxy) is 1. The molecule has 1 N–H and O–H groups in total. The highest BCUT2D eigenvalue weighted by Gasteiger charge is 2.14. The van der Waals surface area contributed by atoms with Gasteiger partial charge in [-0.15, -0.1) is 11.8 Å². The molecular formula is C21H23N3O2S. The first-order valence-electron chi connectivity index (χ1n) is 8.70. The summed E-state index contributed by atoms with van der Waals surface area (Å²) in [4.78, 5) is 18.1. The van der Waals surface area contributed by atoms with Crippen LogP contribution in [0.25, 0.3) is 5.69 Å². The van der Waals surface area contributed by atoms with Crippen molar-refractivity contribution in [3.63, 3.8) is 0 Å². The van der Waals surface area contributed by atoms with Crippen molar-refractivity contribution < 1.29 is 9.53 Å². The summed E-state index contributed by atoms with van der Waals surface area (Å²) in [6, 6.07) is 13.3. The van der Waals surface area contributed by atoms with E-state index in [1.54, 1.807) is 31.1 Å². The first-order chi connectivity index (χ1) is 13.0. The van der Waals surface area contributed by atoms with Crippen molar-refractivity contribution in [1.29, 1.82) is 0 Å². The second-order valence-corrected chi connectivity index (χ2v) is 7.26. The van der Waals surface area contributed by atoms with Crippen LogP contribution in [0.15, 0.2) is 59.8 Å². The van der Waals surface area contributed by atoms with E-state index in [-0.39, 0.29) is 5.91 Å². The Kier molecular flexibility index (Phi) is 5.86. The van der Waals surface area contributed by atoms with Gasteiger partial charge in [0, 0.05) is 34.6 Å². The molecule has 0 radical (unpaired) electrons. The number of hydrogen-bond acceptors (Lipinski definition) is 4. The number of thioether (sulfide) groups is 1. The average molecular weight is 382 g/mol. The molecule has 1 heterocycles. The summed E-state index contributed by atoms with van der Waals surface area (Å²) in [5.41, 5.74) is 2.25. The Hall–Kier alpha value is -2.73. The fraction of sp³-hybridized carbons (Fsp3) is 0.238. The summed E-state index contributed by atoms with van der Waals surface area (Å²) in [6.45, 7) is 4.23.